The van der Waals surface area contributed by atoms with Crippen molar-refractivity contribution >= 4 is 10.0 Å². The number of rotatable bonds is 8. The molecule has 0 heterocycles. The predicted octanol–water partition coefficient (Wildman–Crippen LogP) is 1.29. The zero-order valence-electron chi connectivity index (χ0n) is 12.4. The van der Waals surface area contributed by atoms with E-state index in [2.05, 4.69) is 0 Å². The molecule has 1 aromatic carbocycles. The first-order valence-corrected chi connectivity index (χ1v) is 8.14. The van der Waals surface area contributed by atoms with Crippen molar-refractivity contribution in [3.63, 3.8) is 0 Å². The van der Waals surface area contributed by atoms with Gasteiger partial charge in [-0.15, -0.1) is 0 Å². The van der Waals surface area contributed by atoms with Crippen molar-refractivity contribution in [2.24, 2.45) is 5.73 Å². The lowest BCUT2D eigenvalue weighted by Gasteiger charge is -2.23. The lowest BCUT2D eigenvalue weighted by Crippen LogP contribution is -2.36. The SMILES string of the molecule is COCCN(CCCN)S(=O)(=O)c1cc(C)ccc1C. The molecule has 0 unspecified atom stereocenters. The van der Waals surface area contributed by atoms with Crippen LogP contribution in [0.15, 0.2) is 23.1 Å². The van der Waals surface area contributed by atoms with Crippen molar-refractivity contribution in [3.05, 3.63) is 29.3 Å². The highest BCUT2D eigenvalue weighted by molar-refractivity contribution is 7.89. The summed E-state index contributed by atoms with van der Waals surface area (Å²) in [7, 11) is -1.94. The summed E-state index contributed by atoms with van der Waals surface area (Å²) < 4.78 is 31.9. The highest BCUT2D eigenvalue weighted by Crippen LogP contribution is 2.21. The van der Waals surface area contributed by atoms with Gasteiger partial charge < -0.3 is 10.5 Å². The van der Waals surface area contributed by atoms with Crippen LogP contribution in [-0.4, -0.2) is 46.1 Å². The monoisotopic (exact) mass is 300 g/mol. The molecule has 0 bridgehead atoms. The van der Waals surface area contributed by atoms with Gasteiger partial charge in [-0.05, 0) is 44.0 Å². The molecule has 0 saturated carbocycles. The molecule has 6 heteroatoms. The van der Waals surface area contributed by atoms with Gasteiger partial charge in [-0.2, -0.15) is 4.31 Å². The van der Waals surface area contributed by atoms with Gasteiger partial charge >= 0.3 is 0 Å². The van der Waals surface area contributed by atoms with Gasteiger partial charge in [-0.1, -0.05) is 12.1 Å². The molecule has 20 heavy (non-hydrogen) atoms. The molecule has 0 aromatic heterocycles. The summed E-state index contributed by atoms with van der Waals surface area (Å²) in [6, 6.07) is 5.46. The fourth-order valence-electron chi connectivity index (χ4n) is 1.94. The number of sulfonamides is 1. The third-order valence-electron chi connectivity index (χ3n) is 3.12. The predicted molar refractivity (Wildman–Crippen MR) is 80.2 cm³/mol. The number of ether oxygens (including phenoxy) is 1. The summed E-state index contributed by atoms with van der Waals surface area (Å²) in [4.78, 5) is 0.366. The molecule has 0 saturated heterocycles. The first-order chi connectivity index (χ1) is 9.43. The van der Waals surface area contributed by atoms with Crippen LogP contribution in [0.1, 0.15) is 17.5 Å². The van der Waals surface area contributed by atoms with Crippen LogP contribution in [0.3, 0.4) is 0 Å². The van der Waals surface area contributed by atoms with Gasteiger partial charge in [0.1, 0.15) is 0 Å². The van der Waals surface area contributed by atoms with Gasteiger partial charge in [0, 0.05) is 20.2 Å². The van der Waals surface area contributed by atoms with Crippen molar-refractivity contribution in [2.45, 2.75) is 25.2 Å². The van der Waals surface area contributed by atoms with Crippen LogP contribution < -0.4 is 5.73 Å². The summed E-state index contributed by atoms with van der Waals surface area (Å²) in [5.41, 5.74) is 7.17. The van der Waals surface area contributed by atoms with Crippen molar-refractivity contribution in [1.82, 2.24) is 4.31 Å². The molecule has 0 atom stereocenters. The van der Waals surface area contributed by atoms with E-state index in [-0.39, 0.29) is 0 Å². The second kappa shape index (κ2) is 7.73. The van der Waals surface area contributed by atoms with E-state index in [1.165, 1.54) is 4.31 Å². The largest absolute Gasteiger partial charge is 0.383 e. The van der Waals surface area contributed by atoms with E-state index < -0.39 is 10.0 Å². The first-order valence-electron chi connectivity index (χ1n) is 6.70. The molecular formula is C14H24N2O3S. The van der Waals surface area contributed by atoms with Crippen molar-refractivity contribution < 1.29 is 13.2 Å². The Bertz CT molecular complexity index is 521. The van der Waals surface area contributed by atoms with E-state index in [9.17, 15) is 8.42 Å². The minimum absolute atomic E-state index is 0.339. The Labute approximate surface area is 121 Å². The summed E-state index contributed by atoms with van der Waals surface area (Å²) in [6.45, 7) is 5.28. The first kappa shape index (κ1) is 17.1. The number of methoxy groups -OCH3 is 1. The van der Waals surface area contributed by atoms with E-state index in [1.54, 1.807) is 13.2 Å². The number of benzene rings is 1. The Morgan fingerprint density at radius 2 is 1.95 bits per heavy atom. The lowest BCUT2D eigenvalue weighted by atomic mass is 10.2. The third kappa shape index (κ3) is 4.28. The molecule has 0 aliphatic carbocycles. The summed E-state index contributed by atoms with van der Waals surface area (Å²) in [5.74, 6) is 0. The molecule has 1 rings (SSSR count). The standard InChI is InChI=1S/C14H24N2O3S/c1-12-5-6-13(2)14(11-12)20(17,18)16(8-4-7-15)9-10-19-3/h5-6,11H,4,7-10,15H2,1-3H3. The van der Waals surface area contributed by atoms with Crippen LogP contribution >= 0.6 is 0 Å². The van der Waals surface area contributed by atoms with E-state index in [0.29, 0.717) is 37.6 Å². The van der Waals surface area contributed by atoms with Gasteiger partial charge in [-0.25, -0.2) is 8.42 Å². The topological polar surface area (TPSA) is 72.6 Å². The molecule has 0 amide bonds. The number of nitrogens with two attached hydrogens (primary N) is 1. The van der Waals surface area contributed by atoms with Crippen molar-refractivity contribution in [3.8, 4) is 0 Å². The van der Waals surface area contributed by atoms with Crippen LogP contribution in [0.5, 0.6) is 0 Å². The van der Waals surface area contributed by atoms with Crippen molar-refractivity contribution in [1.29, 1.82) is 0 Å². The molecule has 114 valence electrons. The van der Waals surface area contributed by atoms with Gasteiger partial charge in [-0.3, -0.25) is 0 Å². The maximum Gasteiger partial charge on any atom is 0.243 e. The second-order valence-electron chi connectivity index (χ2n) is 4.81. The van der Waals surface area contributed by atoms with Crippen LogP contribution in [0.2, 0.25) is 0 Å². The average Bonchev–Trinajstić information content (AvgIpc) is 2.41. The minimum atomic E-state index is -3.50. The summed E-state index contributed by atoms with van der Waals surface area (Å²) >= 11 is 0. The molecule has 5 nitrogen and oxygen atoms in total. The molecule has 0 aliphatic rings. The highest BCUT2D eigenvalue weighted by atomic mass is 32.2. The quantitative estimate of drug-likeness (QED) is 0.785. The fraction of sp³-hybridized carbons (Fsp3) is 0.571. The molecular weight excluding hydrogens is 276 g/mol. The molecule has 1 aromatic rings. The zero-order valence-corrected chi connectivity index (χ0v) is 13.2. The van der Waals surface area contributed by atoms with Gasteiger partial charge in [0.05, 0.1) is 11.5 Å². The smallest absolute Gasteiger partial charge is 0.243 e. The van der Waals surface area contributed by atoms with E-state index in [0.717, 1.165) is 11.1 Å². The van der Waals surface area contributed by atoms with Crippen molar-refractivity contribution in [2.75, 3.05) is 33.4 Å². The summed E-state index contributed by atoms with van der Waals surface area (Å²) in [5, 5.41) is 0. The maximum absolute atomic E-state index is 12.7. The zero-order chi connectivity index (χ0) is 15.2. The number of nitrogens with zero attached hydrogens (tertiary/aromatic N) is 1. The normalized spacial score (nSPS) is 12.1. The summed E-state index contributed by atoms with van der Waals surface area (Å²) in [6.07, 6.45) is 0.633. The molecule has 2 N–H and O–H groups in total. The van der Waals surface area contributed by atoms with E-state index in [1.807, 2.05) is 26.0 Å². The molecule has 0 fully saturated rings. The third-order valence-corrected chi connectivity index (χ3v) is 5.16. The van der Waals surface area contributed by atoms with E-state index in [4.69, 9.17) is 10.5 Å². The fourth-order valence-corrected chi connectivity index (χ4v) is 3.71. The van der Waals surface area contributed by atoms with E-state index >= 15 is 0 Å². The van der Waals surface area contributed by atoms with Crippen LogP contribution in [-0.2, 0) is 14.8 Å². The molecule has 0 spiro atoms. The Hall–Kier alpha value is -0.950. The second-order valence-corrected chi connectivity index (χ2v) is 6.71. The molecule has 0 radical (unpaired) electrons. The van der Waals surface area contributed by atoms with Crippen LogP contribution in [0.4, 0.5) is 0 Å². The van der Waals surface area contributed by atoms with Gasteiger partial charge in [0.2, 0.25) is 10.0 Å². The Morgan fingerprint density at radius 1 is 1.25 bits per heavy atom. The van der Waals surface area contributed by atoms with Crippen LogP contribution in [0, 0.1) is 13.8 Å². The van der Waals surface area contributed by atoms with Gasteiger partial charge in [0.15, 0.2) is 0 Å². The Morgan fingerprint density at radius 3 is 2.55 bits per heavy atom. The minimum Gasteiger partial charge on any atom is -0.383 e. The Balaban J connectivity index is 3.10. The average molecular weight is 300 g/mol. The van der Waals surface area contributed by atoms with Gasteiger partial charge in [0.25, 0.3) is 0 Å². The maximum atomic E-state index is 12.7. The lowest BCUT2D eigenvalue weighted by molar-refractivity contribution is 0.178. The van der Waals surface area contributed by atoms with Crippen LogP contribution in [0.25, 0.3) is 0 Å². The number of hydrogen-bond donors (Lipinski definition) is 1. The highest BCUT2D eigenvalue weighted by Gasteiger charge is 2.25. The Kier molecular flexibility index (Phi) is 6.61. The molecule has 0 aliphatic heterocycles. The number of hydrogen-bond acceptors (Lipinski definition) is 4. The number of aryl methyl sites for hydroxylation is 2.